The van der Waals surface area contributed by atoms with E-state index in [1.165, 1.54) is 24.3 Å². The van der Waals surface area contributed by atoms with Gasteiger partial charge in [0.15, 0.2) is 5.75 Å². The number of nitrogens with one attached hydrogen (secondary N) is 1. The fourth-order valence-corrected chi connectivity index (χ4v) is 4.52. The van der Waals surface area contributed by atoms with Crippen molar-refractivity contribution in [3.05, 3.63) is 69.0 Å². The fraction of sp³-hybridized carbons (Fsp3) is 0.273. The van der Waals surface area contributed by atoms with Crippen LogP contribution in [0.25, 0.3) is 11.0 Å². The number of halogens is 1. The molecule has 0 aliphatic rings. The highest BCUT2D eigenvalue weighted by Gasteiger charge is 2.27. The first-order chi connectivity index (χ1) is 14.6. The zero-order valence-electron chi connectivity index (χ0n) is 17.3. The molecule has 164 valence electrons. The van der Waals surface area contributed by atoms with Crippen molar-refractivity contribution in [3.63, 3.8) is 0 Å². The number of esters is 1. The van der Waals surface area contributed by atoms with Crippen molar-refractivity contribution in [1.29, 1.82) is 0 Å². The topological polar surface area (TPSA) is 103 Å². The van der Waals surface area contributed by atoms with E-state index in [0.29, 0.717) is 11.8 Å². The minimum Gasteiger partial charge on any atom is -0.424 e. The highest BCUT2D eigenvalue weighted by Crippen LogP contribution is 2.31. The van der Waals surface area contributed by atoms with Gasteiger partial charge in [0, 0.05) is 17.5 Å². The van der Waals surface area contributed by atoms with E-state index in [9.17, 15) is 18.0 Å². The van der Waals surface area contributed by atoms with Crippen LogP contribution in [0.15, 0.2) is 56.6 Å². The van der Waals surface area contributed by atoms with Crippen LogP contribution in [0.3, 0.4) is 0 Å². The van der Waals surface area contributed by atoms with Gasteiger partial charge in [-0.3, -0.25) is 0 Å². The normalized spacial score (nSPS) is 12.6. The van der Waals surface area contributed by atoms with Crippen molar-refractivity contribution in [2.45, 2.75) is 44.6 Å². The van der Waals surface area contributed by atoms with E-state index in [1.807, 2.05) is 13.8 Å². The van der Waals surface area contributed by atoms with Crippen LogP contribution in [0.1, 0.15) is 31.4 Å². The Bertz CT molecular complexity index is 1280. The number of aryl methyl sites for hydroxylation is 2. The molecule has 0 saturated carbocycles. The molecule has 31 heavy (non-hydrogen) atoms. The smallest absolute Gasteiger partial charge is 0.336 e. The first kappa shape index (κ1) is 23.0. The van der Waals surface area contributed by atoms with Crippen LogP contribution in [-0.2, 0) is 21.2 Å². The Kier molecular flexibility index (Phi) is 6.83. The Morgan fingerprint density at radius 1 is 1.16 bits per heavy atom. The number of ether oxygens (including phenoxy) is 1. The van der Waals surface area contributed by atoms with E-state index in [2.05, 4.69) is 4.72 Å². The summed E-state index contributed by atoms with van der Waals surface area (Å²) >= 11 is 6.27. The second-order valence-corrected chi connectivity index (χ2v) is 9.16. The van der Waals surface area contributed by atoms with E-state index in [4.69, 9.17) is 20.8 Å². The molecule has 0 spiro atoms. The van der Waals surface area contributed by atoms with Gasteiger partial charge < -0.3 is 9.15 Å². The minimum absolute atomic E-state index is 0.0245. The molecule has 2 aromatic carbocycles. The summed E-state index contributed by atoms with van der Waals surface area (Å²) in [6.07, 6.45) is 0.750. The van der Waals surface area contributed by atoms with Crippen LogP contribution in [0, 0.1) is 6.92 Å². The quantitative estimate of drug-likeness (QED) is 0.323. The molecule has 0 amide bonds. The molecule has 0 aliphatic heterocycles. The maximum Gasteiger partial charge on any atom is 0.336 e. The molecular formula is C22H22ClNO6S. The van der Waals surface area contributed by atoms with Crippen LogP contribution in [-0.4, -0.2) is 20.4 Å². The summed E-state index contributed by atoms with van der Waals surface area (Å²) in [5.41, 5.74) is 1.36. The first-order valence-electron chi connectivity index (χ1n) is 9.71. The van der Waals surface area contributed by atoms with Gasteiger partial charge in [0.05, 0.1) is 9.92 Å². The van der Waals surface area contributed by atoms with E-state index in [0.717, 1.165) is 11.1 Å². The van der Waals surface area contributed by atoms with Gasteiger partial charge in [-0.2, -0.15) is 4.72 Å². The van der Waals surface area contributed by atoms with Gasteiger partial charge in [-0.15, -0.1) is 0 Å². The lowest BCUT2D eigenvalue weighted by Crippen LogP contribution is -2.42. The summed E-state index contributed by atoms with van der Waals surface area (Å²) < 4.78 is 38.2. The summed E-state index contributed by atoms with van der Waals surface area (Å²) in [4.78, 5) is 24.5. The number of rotatable bonds is 7. The molecule has 0 saturated heterocycles. The third-order valence-electron chi connectivity index (χ3n) is 4.80. The van der Waals surface area contributed by atoms with Gasteiger partial charge >= 0.3 is 11.6 Å². The van der Waals surface area contributed by atoms with Crippen molar-refractivity contribution in [2.75, 3.05) is 0 Å². The highest BCUT2D eigenvalue weighted by molar-refractivity contribution is 7.89. The van der Waals surface area contributed by atoms with Crippen molar-refractivity contribution >= 4 is 38.6 Å². The molecule has 0 radical (unpaired) electrons. The summed E-state index contributed by atoms with van der Waals surface area (Å²) in [6.45, 7) is 5.38. The molecule has 0 fully saturated rings. The maximum atomic E-state index is 12.7. The molecule has 3 rings (SSSR count). The van der Waals surface area contributed by atoms with Gasteiger partial charge in [-0.05, 0) is 43.5 Å². The third kappa shape index (κ3) is 5.15. The molecular weight excluding hydrogens is 442 g/mol. The lowest BCUT2D eigenvalue weighted by Gasteiger charge is -2.17. The average Bonchev–Trinajstić information content (AvgIpc) is 2.72. The molecule has 3 aromatic rings. The molecule has 1 N–H and O–H groups in total. The Morgan fingerprint density at radius 2 is 1.84 bits per heavy atom. The lowest BCUT2D eigenvalue weighted by atomic mass is 10.1. The fourth-order valence-electron chi connectivity index (χ4n) is 3.05. The number of hydrogen-bond acceptors (Lipinski definition) is 6. The Morgan fingerprint density at radius 3 is 2.45 bits per heavy atom. The number of carbonyl (C=O) groups is 1. The van der Waals surface area contributed by atoms with E-state index in [1.54, 1.807) is 25.1 Å². The molecule has 0 unspecified atom stereocenters. The van der Waals surface area contributed by atoms with Crippen LogP contribution >= 0.6 is 11.6 Å². The van der Waals surface area contributed by atoms with Gasteiger partial charge in [0.25, 0.3) is 0 Å². The lowest BCUT2D eigenvalue weighted by molar-refractivity contribution is -0.136. The van der Waals surface area contributed by atoms with Crippen molar-refractivity contribution in [1.82, 2.24) is 4.72 Å². The number of hydrogen-bond donors (Lipinski definition) is 1. The number of fused-ring (bicyclic) bond motifs is 1. The summed E-state index contributed by atoms with van der Waals surface area (Å²) in [5.74, 6) is -0.850. The van der Waals surface area contributed by atoms with Crippen molar-refractivity contribution in [3.8, 4) is 5.75 Å². The summed E-state index contributed by atoms with van der Waals surface area (Å²) in [5, 5.41) is 0.777. The molecule has 0 bridgehead atoms. The SMILES string of the molecule is CCc1cc(=O)oc2cc(OC(=O)[C@@H](CC)NS(=O)(=O)c3ccc(C)cc3)c(Cl)cc12. The Balaban J connectivity index is 1.86. The number of sulfonamides is 1. The monoisotopic (exact) mass is 463 g/mol. The first-order valence-corrected chi connectivity index (χ1v) is 11.6. The standard InChI is InChI=1S/C22H22ClNO6S/c1-4-14-10-21(25)29-19-12-20(17(23)11-16(14)19)30-22(26)18(5-2)24-31(27,28)15-8-6-13(3)7-9-15/h6-12,18,24H,4-5H2,1-3H3/t18-/m1/s1. The average molecular weight is 464 g/mol. The zero-order valence-corrected chi connectivity index (χ0v) is 18.8. The number of benzene rings is 2. The van der Waals surface area contributed by atoms with Gasteiger partial charge in [0.2, 0.25) is 10.0 Å². The van der Waals surface area contributed by atoms with E-state index >= 15 is 0 Å². The van der Waals surface area contributed by atoms with Crippen LogP contribution in [0.4, 0.5) is 0 Å². The minimum atomic E-state index is -3.93. The van der Waals surface area contributed by atoms with Crippen LogP contribution in [0.2, 0.25) is 5.02 Å². The summed E-state index contributed by atoms with van der Waals surface area (Å²) in [6, 6.07) is 9.43. The van der Waals surface area contributed by atoms with Gasteiger partial charge in [0.1, 0.15) is 11.6 Å². The Hall–Kier alpha value is -2.68. The van der Waals surface area contributed by atoms with E-state index in [-0.39, 0.29) is 27.7 Å². The molecule has 9 heteroatoms. The second-order valence-electron chi connectivity index (χ2n) is 7.04. The molecule has 7 nitrogen and oxygen atoms in total. The zero-order chi connectivity index (χ0) is 22.8. The predicted molar refractivity (Wildman–Crippen MR) is 118 cm³/mol. The van der Waals surface area contributed by atoms with Crippen LogP contribution in [0.5, 0.6) is 5.75 Å². The van der Waals surface area contributed by atoms with Gasteiger partial charge in [-0.1, -0.05) is 43.1 Å². The van der Waals surface area contributed by atoms with E-state index < -0.39 is 27.7 Å². The molecule has 1 heterocycles. The predicted octanol–water partition coefficient (Wildman–Crippen LogP) is 3.98. The Labute approximate surface area is 185 Å². The molecule has 1 aromatic heterocycles. The second kappa shape index (κ2) is 9.21. The largest absolute Gasteiger partial charge is 0.424 e. The number of carbonyl (C=O) groups excluding carboxylic acids is 1. The van der Waals surface area contributed by atoms with Crippen molar-refractivity contribution in [2.24, 2.45) is 0 Å². The maximum absolute atomic E-state index is 12.7. The molecule has 0 aliphatic carbocycles. The third-order valence-corrected chi connectivity index (χ3v) is 6.58. The van der Waals surface area contributed by atoms with Crippen LogP contribution < -0.4 is 15.1 Å². The van der Waals surface area contributed by atoms with Crippen molar-refractivity contribution < 1.29 is 22.4 Å². The summed E-state index contributed by atoms with van der Waals surface area (Å²) in [7, 11) is -3.93. The van der Waals surface area contributed by atoms with Gasteiger partial charge in [-0.25, -0.2) is 18.0 Å². The molecule has 1 atom stereocenters. The highest BCUT2D eigenvalue weighted by atomic mass is 35.5.